The Labute approximate surface area is 109 Å². The van der Waals surface area contributed by atoms with Crippen molar-refractivity contribution in [3.63, 3.8) is 0 Å². The van der Waals surface area contributed by atoms with Crippen LogP contribution in [0.4, 0.5) is 4.79 Å². The standard InChI is InChI=1S/C11H23N3O3S/c1-9(2)10-5-4-8-14(10)11(15)12-6-7-13-18(3,16)17/h9-10,13H,4-8H2,1-3H3,(H,12,15). The van der Waals surface area contributed by atoms with Crippen molar-refractivity contribution in [1.29, 1.82) is 0 Å². The Morgan fingerprint density at radius 1 is 1.39 bits per heavy atom. The molecule has 0 saturated carbocycles. The third-order valence-electron chi connectivity index (χ3n) is 3.10. The second kappa shape index (κ2) is 6.38. The van der Waals surface area contributed by atoms with Crippen LogP contribution in [0.15, 0.2) is 0 Å². The summed E-state index contributed by atoms with van der Waals surface area (Å²) in [7, 11) is -3.18. The largest absolute Gasteiger partial charge is 0.337 e. The predicted octanol–water partition coefficient (Wildman–Crippen LogP) is 0.366. The minimum Gasteiger partial charge on any atom is -0.337 e. The highest BCUT2D eigenvalue weighted by Gasteiger charge is 2.30. The van der Waals surface area contributed by atoms with Gasteiger partial charge in [0, 0.05) is 25.7 Å². The lowest BCUT2D eigenvalue weighted by Gasteiger charge is -2.27. The summed E-state index contributed by atoms with van der Waals surface area (Å²) < 4.78 is 24.0. The average Bonchev–Trinajstić information content (AvgIpc) is 2.71. The van der Waals surface area contributed by atoms with E-state index in [0.717, 1.165) is 25.6 Å². The Kier molecular flexibility index (Phi) is 5.40. The van der Waals surface area contributed by atoms with Gasteiger partial charge >= 0.3 is 6.03 Å². The number of sulfonamides is 1. The van der Waals surface area contributed by atoms with Crippen molar-refractivity contribution in [2.75, 3.05) is 25.9 Å². The van der Waals surface area contributed by atoms with Gasteiger partial charge in [-0.15, -0.1) is 0 Å². The van der Waals surface area contributed by atoms with Crippen molar-refractivity contribution in [1.82, 2.24) is 14.9 Å². The van der Waals surface area contributed by atoms with Gasteiger partial charge in [0.05, 0.1) is 6.26 Å². The molecule has 1 heterocycles. The molecule has 2 N–H and O–H groups in total. The maximum absolute atomic E-state index is 11.9. The Bertz CT molecular complexity index is 381. The topological polar surface area (TPSA) is 78.5 Å². The highest BCUT2D eigenvalue weighted by atomic mass is 32.2. The Balaban J connectivity index is 2.32. The van der Waals surface area contributed by atoms with E-state index in [2.05, 4.69) is 23.9 Å². The number of hydrogen-bond acceptors (Lipinski definition) is 3. The summed E-state index contributed by atoms with van der Waals surface area (Å²) in [6.07, 6.45) is 3.19. The third kappa shape index (κ3) is 4.81. The molecule has 0 aromatic rings. The fourth-order valence-corrected chi connectivity index (χ4v) is 2.72. The monoisotopic (exact) mass is 277 g/mol. The van der Waals surface area contributed by atoms with Crippen molar-refractivity contribution >= 4 is 16.1 Å². The zero-order chi connectivity index (χ0) is 13.8. The van der Waals surface area contributed by atoms with E-state index in [9.17, 15) is 13.2 Å². The minimum absolute atomic E-state index is 0.0958. The first-order valence-electron chi connectivity index (χ1n) is 6.30. The molecule has 2 amide bonds. The summed E-state index contributed by atoms with van der Waals surface area (Å²) in [5, 5.41) is 2.74. The van der Waals surface area contributed by atoms with Gasteiger partial charge in [0.15, 0.2) is 0 Å². The van der Waals surface area contributed by atoms with Gasteiger partial charge in [-0.3, -0.25) is 0 Å². The molecule has 7 heteroatoms. The van der Waals surface area contributed by atoms with E-state index in [1.807, 2.05) is 4.90 Å². The molecule has 0 aliphatic carbocycles. The quantitative estimate of drug-likeness (QED) is 0.712. The van der Waals surface area contributed by atoms with Crippen molar-refractivity contribution < 1.29 is 13.2 Å². The van der Waals surface area contributed by atoms with Crippen LogP contribution in [0.5, 0.6) is 0 Å². The van der Waals surface area contributed by atoms with Crippen molar-refractivity contribution in [3.8, 4) is 0 Å². The Morgan fingerprint density at radius 2 is 2.06 bits per heavy atom. The van der Waals surface area contributed by atoms with E-state index in [0.29, 0.717) is 18.5 Å². The van der Waals surface area contributed by atoms with Crippen molar-refractivity contribution in [3.05, 3.63) is 0 Å². The highest BCUT2D eigenvalue weighted by molar-refractivity contribution is 7.88. The number of carbonyl (C=O) groups is 1. The van der Waals surface area contributed by atoms with Crippen LogP contribution in [0.25, 0.3) is 0 Å². The van der Waals surface area contributed by atoms with Gasteiger partial charge in [-0.05, 0) is 18.8 Å². The molecule has 1 rings (SSSR count). The number of carbonyl (C=O) groups excluding carboxylic acids is 1. The molecule has 6 nitrogen and oxygen atoms in total. The molecule has 1 aliphatic rings. The SMILES string of the molecule is CC(C)C1CCCN1C(=O)NCCNS(C)(=O)=O. The average molecular weight is 277 g/mol. The van der Waals surface area contributed by atoms with Gasteiger partial charge in [0.25, 0.3) is 0 Å². The molecule has 0 aromatic carbocycles. The van der Waals surface area contributed by atoms with E-state index < -0.39 is 10.0 Å². The van der Waals surface area contributed by atoms with E-state index in [1.165, 1.54) is 0 Å². The number of urea groups is 1. The summed E-state index contributed by atoms with van der Waals surface area (Å²) in [6.45, 7) is 5.55. The fraction of sp³-hybridized carbons (Fsp3) is 0.909. The normalized spacial score (nSPS) is 20.4. The smallest absolute Gasteiger partial charge is 0.317 e. The molecular weight excluding hydrogens is 254 g/mol. The van der Waals surface area contributed by atoms with Crippen LogP contribution in [-0.2, 0) is 10.0 Å². The summed E-state index contributed by atoms with van der Waals surface area (Å²) in [6, 6.07) is 0.203. The molecular formula is C11H23N3O3S. The van der Waals surface area contributed by atoms with Crippen LogP contribution in [0, 0.1) is 5.92 Å². The first-order chi connectivity index (χ1) is 8.31. The molecule has 0 aromatic heterocycles. The third-order valence-corrected chi connectivity index (χ3v) is 3.82. The van der Waals surface area contributed by atoms with Crippen LogP contribution < -0.4 is 10.0 Å². The van der Waals surface area contributed by atoms with Gasteiger partial charge < -0.3 is 10.2 Å². The maximum Gasteiger partial charge on any atom is 0.317 e. The highest BCUT2D eigenvalue weighted by Crippen LogP contribution is 2.23. The number of nitrogens with zero attached hydrogens (tertiary/aromatic N) is 1. The van der Waals surface area contributed by atoms with Crippen molar-refractivity contribution in [2.45, 2.75) is 32.7 Å². The fourth-order valence-electron chi connectivity index (χ4n) is 2.25. The van der Waals surface area contributed by atoms with Crippen LogP contribution >= 0.6 is 0 Å². The molecule has 0 spiro atoms. The Hall–Kier alpha value is -0.820. The number of nitrogens with one attached hydrogen (secondary N) is 2. The summed E-state index contributed by atoms with van der Waals surface area (Å²) >= 11 is 0. The van der Waals surface area contributed by atoms with E-state index in [4.69, 9.17) is 0 Å². The first-order valence-corrected chi connectivity index (χ1v) is 8.19. The zero-order valence-corrected chi connectivity index (χ0v) is 12.1. The molecule has 0 radical (unpaired) electrons. The second-order valence-corrected chi connectivity index (χ2v) is 6.88. The van der Waals surface area contributed by atoms with Gasteiger partial charge in [-0.2, -0.15) is 0 Å². The molecule has 1 unspecified atom stereocenters. The summed E-state index contributed by atoms with van der Waals surface area (Å²) in [4.78, 5) is 13.8. The lowest BCUT2D eigenvalue weighted by molar-refractivity contribution is 0.179. The van der Waals surface area contributed by atoms with Crippen LogP contribution in [0.3, 0.4) is 0 Å². The Morgan fingerprint density at radius 3 is 2.61 bits per heavy atom. The summed E-state index contributed by atoms with van der Waals surface area (Å²) in [5.74, 6) is 0.451. The number of amides is 2. The van der Waals surface area contributed by atoms with Crippen LogP contribution in [0.1, 0.15) is 26.7 Å². The van der Waals surface area contributed by atoms with Crippen molar-refractivity contribution in [2.24, 2.45) is 5.92 Å². The van der Waals surface area contributed by atoms with Gasteiger partial charge in [-0.1, -0.05) is 13.8 Å². The number of rotatable bonds is 5. The van der Waals surface area contributed by atoms with Crippen LogP contribution in [0.2, 0.25) is 0 Å². The van der Waals surface area contributed by atoms with E-state index in [-0.39, 0.29) is 12.6 Å². The summed E-state index contributed by atoms with van der Waals surface area (Å²) in [5.41, 5.74) is 0. The van der Waals surface area contributed by atoms with E-state index in [1.54, 1.807) is 0 Å². The van der Waals surface area contributed by atoms with Gasteiger partial charge in [0.2, 0.25) is 10.0 Å². The van der Waals surface area contributed by atoms with Gasteiger partial charge in [0.1, 0.15) is 0 Å². The van der Waals surface area contributed by atoms with Gasteiger partial charge in [-0.25, -0.2) is 17.9 Å². The first kappa shape index (κ1) is 15.2. The molecule has 1 fully saturated rings. The zero-order valence-electron chi connectivity index (χ0n) is 11.3. The molecule has 0 bridgehead atoms. The van der Waals surface area contributed by atoms with E-state index >= 15 is 0 Å². The maximum atomic E-state index is 11.9. The molecule has 18 heavy (non-hydrogen) atoms. The van der Waals surface area contributed by atoms with Crippen LogP contribution in [-0.4, -0.2) is 51.3 Å². The molecule has 106 valence electrons. The number of hydrogen-bond donors (Lipinski definition) is 2. The number of likely N-dealkylation sites (tertiary alicyclic amines) is 1. The predicted molar refractivity (Wildman–Crippen MR) is 70.8 cm³/mol. The minimum atomic E-state index is -3.18. The second-order valence-electron chi connectivity index (χ2n) is 5.05. The molecule has 1 saturated heterocycles. The lowest BCUT2D eigenvalue weighted by Crippen LogP contribution is -2.46. The molecule has 1 aliphatic heterocycles. The lowest BCUT2D eigenvalue weighted by atomic mass is 10.0. The molecule has 1 atom stereocenters.